The Labute approximate surface area is 196 Å². The lowest BCUT2D eigenvalue weighted by Crippen LogP contribution is -2.29. The molecule has 0 aliphatic carbocycles. The fourth-order valence-corrected chi connectivity index (χ4v) is 4.48. The summed E-state index contributed by atoms with van der Waals surface area (Å²) in [6, 6.07) is 22.4. The number of methoxy groups -OCH3 is 1. The van der Waals surface area contributed by atoms with E-state index < -0.39 is 12.0 Å². The summed E-state index contributed by atoms with van der Waals surface area (Å²) in [5.74, 6) is 0.937. The number of carbonyl (C=O) groups is 1. The van der Waals surface area contributed by atoms with Gasteiger partial charge in [0.1, 0.15) is 5.75 Å². The van der Waals surface area contributed by atoms with Gasteiger partial charge in [0, 0.05) is 5.02 Å². The smallest absolute Gasteiger partial charge is 0.338 e. The highest BCUT2D eigenvalue weighted by Crippen LogP contribution is 2.44. The number of halogens is 1. The van der Waals surface area contributed by atoms with Gasteiger partial charge in [-0.2, -0.15) is 0 Å². The van der Waals surface area contributed by atoms with Crippen LogP contribution in [-0.4, -0.2) is 29.2 Å². The molecule has 4 aromatic rings. The molecule has 0 saturated heterocycles. The summed E-state index contributed by atoms with van der Waals surface area (Å²) in [5, 5.41) is 3.95. The fourth-order valence-electron chi connectivity index (χ4n) is 4.24. The van der Waals surface area contributed by atoms with Crippen LogP contribution < -0.4 is 10.1 Å². The van der Waals surface area contributed by atoms with E-state index in [9.17, 15) is 4.79 Å². The van der Waals surface area contributed by atoms with Crippen molar-refractivity contribution in [1.82, 2.24) is 9.55 Å². The van der Waals surface area contributed by atoms with Crippen molar-refractivity contribution in [2.75, 3.05) is 19.0 Å². The number of para-hydroxylation sites is 2. The number of rotatable bonds is 5. The lowest BCUT2D eigenvalue weighted by Gasteiger charge is -2.32. The number of hydrogen-bond acceptors (Lipinski definition) is 5. The molecule has 166 valence electrons. The van der Waals surface area contributed by atoms with Crippen LogP contribution in [0.25, 0.3) is 16.7 Å². The van der Waals surface area contributed by atoms with Crippen LogP contribution in [0.2, 0.25) is 5.02 Å². The van der Waals surface area contributed by atoms with Gasteiger partial charge in [0.2, 0.25) is 5.95 Å². The average molecular weight is 460 g/mol. The predicted molar refractivity (Wildman–Crippen MR) is 129 cm³/mol. The van der Waals surface area contributed by atoms with Crippen molar-refractivity contribution in [3.05, 3.63) is 94.5 Å². The van der Waals surface area contributed by atoms with Gasteiger partial charge in [-0.05, 0) is 60.5 Å². The van der Waals surface area contributed by atoms with Crippen molar-refractivity contribution in [2.24, 2.45) is 0 Å². The number of hydrogen-bond donors (Lipinski definition) is 1. The van der Waals surface area contributed by atoms with Gasteiger partial charge in [-0.25, -0.2) is 9.78 Å². The maximum atomic E-state index is 13.4. The zero-order valence-electron chi connectivity index (χ0n) is 18.2. The molecule has 0 saturated carbocycles. The first-order valence-corrected chi connectivity index (χ1v) is 11.0. The van der Waals surface area contributed by atoms with Gasteiger partial charge >= 0.3 is 5.97 Å². The molecule has 1 aliphatic rings. The summed E-state index contributed by atoms with van der Waals surface area (Å²) >= 11 is 6.68. The monoisotopic (exact) mass is 459 g/mol. The zero-order valence-corrected chi connectivity index (χ0v) is 19.0. The quantitative estimate of drug-likeness (QED) is 0.388. The number of anilines is 1. The average Bonchev–Trinajstić information content (AvgIpc) is 3.22. The predicted octanol–water partition coefficient (Wildman–Crippen LogP) is 5.69. The molecule has 2 heterocycles. The lowest BCUT2D eigenvalue weighted by molar-refractivity contribution is -0.138. The molecule has 6 nitrogen and oxygen atoms in total. The van der Waals surface area contributed by atoms with Gasteiger partial charge in [0.05, 0.1) is 42.1 Å². The topological polar surface area (TPSA) is 65.4 Å². The van der Waals surface area contributed by atoms with Crippen molar-refractivity contribution in [3.8, 4) is 5.75 Å². The molecule has 1 aromatic heterocycles. The first-order chi connectivity index (χ1) is 16.1. The van der Waals surface area contributed by atoms with Crippen molar-refractivity contribution in [1.29, 1.82) is 0 Å². The van der Waals surface area contributed by atoms with E-state index in [1.807, 2.05) is 77.4 Å². The van der Waals surface area contributed by atoms with E-state index in [-0.39, 0.29) is 6.61 Å². The maximum Gasteiger partial charge on any atom is 0.338 e. The highest BCUT2D eigenvalue weighted by Gasteiger charge is 2.37. The van der Waals surface area contributed by atoms with Crippen LogP contribution in [-0.2, 0) is 9.53 Å². The Morgan fingerprint density at radius 1 is 1.06 bits per heavy atom. The Morgan fingerprint density at radius 3 is 2.52 bits per heavy atom. The van der Waals surface area contributed by atoms with E-state index in [1.165, 1.54) is 0 Å². The number of nitrogens with zero attached hydrogens (tertiary/aromatic N) is 2. The molecule has 1 unspecified atom stereocenters. The molecule has 0 amide bonds. The summed E-state index contributed by atoms with van der Waals surface area (Å²) in [6.45, 7) is 2.05. The Bertz CT molecular complexity index is 1380. The van der Waals surface area contributed by atoms with Gasteiger partial charge < -0.3 is 14.8 Å². The third kappa shape index (κ3) is 3.62. The molecule has 1 N–H and O–H groups in total. The Balaban J connectivity index is 1.83. The summed E-state index contributed by atoms with van der Waals surface area (Å²) in [6.07, 6.45) is 0. The summed E-state index contributed by atoms with van der Waals surface area (Å²) < 4.78 is 12.9. The van der Waals surface area contributed by atoms with E-state index in [0.717, 1.165) is 27.9 Å². The van der Waals surface area contributed by atoms with Crippen LogP contribution in [0.3, 0.4) is 0 Å². The van der Waals surface area contributed by atoms with Crippen LogP contribution in [0.5, 0.6) is 5.75 Å². The van der Waals surface area contributed by atoms with Crippen molar-refractivity contribution >= 4 is 40.2 Å². The van der Waals surface area contributed by atoms with Crippen LogP contribution in [0.1, 0.15) is 24.1 Å². The number of benzene rings is 3. The van der Waals surface area contributed by atoms with E-state index in [0.29, 0.717) is 22.2 Å². The van der Waals surface area contributed by atoms with E-state index >= 15 is 0 Å². The van der Waals surface area contributed by atoms with Crippen molar-refractivity contribution < 1.29 is 14.3 Å². The van der Waals surface area contributed by atoms with Gasteiger partial charge in [0.25, 0.3) is 0 Å². The number of aromatic nitrogens is 2. The second kappa shape index (κ2) is 8.64. The van der Waals surface area contributed by atoms with Crippen molar-refractivity contribution in [3.63, 3.8) is 0 Å². The molecule has 1 atom stereocenters. The SMILES string of the molecule is CCOC(=O)C1=C(c2ccc(OC)cc2)Nc2nc3ccccc3n2C1c1ccccc1Cl. The van der Waals surface area contributed by atoms with Gasteiger partial charge in [-0.1, -0.05) is 41.9 Å². The second-order valence-electron chi connectivity index (χ2n) is 7.58. The standard InChI is InChI=1S/C26H22ClN3O3/c1-3-33-25(31)22-23(16-12-14-17(32-2)15-13-16)29-26-28-20-10-6-7-11-21(20)30(26)24(22)18-8-4-5-9-19(18)27/h4-15,24H,3H2,1-2H3,(H,28,29). The minimum atomic E-state index is -0.529. The first-order valence-electron chi connectivity index (χ1n) is 10.7. The third-order valence-corrected chi connectivity index (χ3v) is 6.05. The molecule has 7 heteroatoms. The Morgan fingerprint density at radius 2 is 1.79 bits per heavy atom. The fraction of sp³-hybridized carbons (Fsp3) is 0.154. The minimum Gasteiger partial charge on any atom is -0.497 e. The highest BCUT2D eigenvalue weighted by molar-refractivity contribution is 6.31. The molecule has 3 aromatic carbocycles. The molecule has 33 heavy (non-hydrogen) atoms. The van der Waals surface area contributed by atoms with Crippen LogP contribution >= 0.6 is 11.6 Å². The molecular formula is C26H22ClN3O3. The molecule has 0 fully saturated rings. The zero-order chi connectivity index (χ0) is 22.9. The molecule has 0 bridgehead atoms. The van der Waals surface area contributed by atoms with Crippen LogP contribution in [0, 0.1) is 0 Å². The Hall–Kier alpha value is -3.77. The lowest BCUT2D eigenvalue weighted by atomic mass is 9.92. The number of carbonyl (C=O) groups excluding carboxylic acids is 1. The highest BCUT2D eigenvalue weighted by atomic mass is 35.5. The van der Waals surface area contributed by atoms with Gasteiger partial charge in [0.15, 0.2) is 0 Å². The Kier molecular flexibility index (Phi) is 5.52. The van der Waals surface area contributed by atoms with E-state index in [1.54, 1.807) is 14.0 Å². The third-order valence-electron chi connectivity index (χ3n) is 5.71. The molecule has 5 rings (SSSR count). The van der Waals surface area contributed by atoms with Crippen LogP contribution in [0.15, 0.2) is 78.4 Å². The number of ether oxygens (including phenoxy) is 2. The largest absolute Gasteiger partial charge is 0.497 e. The number of esters is 1. The van der Waals surface area contributed by atoms with E-state index in [4.69, 9.17) is 26.1 Å². The summed E-state index contributed by atoms with van der Waals surface area (Å²) in [4.78, 5) is 18.3. The molecular weight excluding hydrogens is 438 g/mol. The number of imidazole rings is 1. The van der Waals surface area contributed by atoms with Crippen LogP contribution in [0.4, 0.5) is 5.95 Å². The van der Waals surface area contributed by atoms with E-state index in [2.05, 4.69) is 5.32 Å². The number of nitrogens with one attached hydrogen (secondary N) is 1. The van der Waals surface area contributed by atoms with Gasteiger partial charge in [-0.15, -0.1) is 0 Å². The molecule has 0 radical (unpaired) electrons. The normalized spacial score (nSPS) is 15.2. The molecule has 0 spiro atoms. The van der Waals surface area contributed by atoms with Gasteiger partial charge in [-0.3, -0.25) is 4.57 Å². The summed E-state index contributed by atoms with van der Waals surface area (Å²) in [5.41, 5.74) is 4.40. The van der Waals surface area contributed by atoms with Crippen molar-refractivity contribution in [2.45, 2.75) is 13.0 Å². The molecule has 1 aliphatic heterocycles. The number of fused-ring (bicyclic) bond motifs is 3. The minimum absolute atomic E-state index is 0.255. The second-order valence-corrected chi connectivity index (χ2v) is 7.99. The maximum absolute atomic E-state index is 13.4. The summed E-state index contributed by atoms with van der Waals surface area (Å²) in [7, 11) is 1.62. The first kappa shape index (κ1) is 21.1.